The largest absolute Gasteiger partial charge is 0.508 e. The summed E-state index contributed by atoms with van der Waals surface area (Å²) in [6, 6.07) is 7.38. The average molecular weight is 318 g/mol. The molecule has 0 unspecified atom stereocenters. The fourth-order valence-corrected chi connectivity index (χ4v) is 3.66. The van der Waals surface area contributed by atoms with Gasteiger partial charge < -0.3 is 19.8 Å². The number of nitrogens with one attached hydrogen (secondary N) is 1. The van der Waals surface area contributed by atoms with Crippen molar-refractivity contribution >= 4 is 11.6 Å². The number of benzene rings is 1. The molecule has 23 heavy (non-hydrogen) atoms. The molecule has 0 bridgehead atoms. The quantitative estimate of drug-likeness (QED) is 0.846. The van der Waals surface area contributed by atoms with Crippen LogP contribution in [0, 0.1) is 5.92 Å². The molecule has 3 rings (SSSR count). The van der Waals surface area contributed by atoms with Crippen LogP contribution in [0.1, 0.15) is 19.8 Å². The minimum absolute atomic E-state index is 0.305. The molecule has 5 nitrogen and oxygen atoms in total. The van der Waals surface area contributed by atoms with Crippen LogP contribution in [0.25, 0.3) is 0 Å². The van der Waals surface area contributed by atoms with E-state index >= 15 is 0 Å². The summed E-state index contributed by atoms with van der Waals surface area (Å²) in [4.78, 5) is 18.2. The number of likely N-dealkylation sites (tertiary alicyclic amines) is 1. The summed E-state index contributed by atoms with van der Waals surface area (Å²) in [5.41, 5.74) is 1.15. The maximum absolute atomic E-state index is 12.5. The summed E-state index contributed by atoms with van der Waals surface area (Å²) in [6.07, 6.45) is 2.40. The SMILES string of the molecule is C[C@@H]1CCCN(C(=O)C[NH+]2CCN(c3ccc(O)cc3)CC2)C1. The minimum atomic E-state index is 0.305. The van der Waals surface area contributed by atoms with Crippen molar-refractivity contribution < 1.29 is 14.8 Å². The number of anilines is 1. The molecule has 126 valence electrons. The molecule has 0 radical (unpaired) electrons. The number of aromatic hydroxyl groups is 1. The third-order valence-corrected chi connectivity index (χ3v) is 5.10. The van der Waals surface area contributed by atoms with Crippen molar-refractivity contribution in [3.05, 3.63) is 24.3 Å². The molecule has 0 aliphatic carbocycles. The first-order chi connectivity index (χ1) is 11.1. The molecule has 1 atom stereocenters. The lowest BCUT2D eigenvalue weighted by Crippen LogP contribution is -3.16. The van der Waals surface area contributed by atoms with Gasteiger partial charge in [-0.15, -0.1) is 0 Å². The van der Waals surface area contributed by atoms with Crippen LogP contribution in [0.2, 0.25) is 0 Å². The molecule has 2 N–H and O–H groups in total. The van der Waals surface area contributed by atoms with Gasteiger partial charge in [-0.3, -0.25) is 4.79 Å². The molecule has 2 aliphatic rings. The van der Waals surface area contributed by atoms with Crippen molar-refractivity contribution in [3.63, 3.8) is 0 Å². The highest BCUT2D eigenvalue weighted by Crippen LogP contribution is 2.18. The second-order valence-electron chi connectivity index (χ2n) is 7.02. The van der Waals surface area contributed by atoms with Gasteiger partial charge in [-0.2, -0.15) is 0 Å². The van der Waals surface area contributed by atoms with Crippen LogP contribution in [0.15, 0.2) is 24.3 Å². The van der Waals surface area contributed by atoms with Crippen LogP contribution < -0.4 is 9.80 Å². The highest BCUT2D eigenvalue weighted by Gasteiger charge is 2.27. The predicted octanol–water partition coefficient (Wildman–Crippen LogP) is 0.356. The lowest BCUT2D eigenvalue weighted by molar-refractivity contribution is -0.892. The van der Waals surface area contributed by atoms with Gasteiger partial charge in [0.1, 0.15) is 5.75 Å². The number of hydrogen-bond acceptors (Lipinski definition) is 3. The Bertz CT molecular complexity index is 524. The fraction of sp³-hybridized carbons (Fsp3) is 0.611. The highest BCUT2D eigenvalue weighted by molar-refractivity contribution is 5.77. The van der Waals surface area contributed by atoms with Gasteiger partial charge in [0.15, 0.2) is 6.54 Å². The summed E-state index contributed by atoms with van der Waals surface area (Å²) in [7, 11) is 0. The molecule has 2 saturated heterocycles. The van der Waals surface area contributed by atoms with Gasteiger partial charge >= 0.3 is 0 Å². The Labute approximate surface area is 138 Å². The van der Waals surface area contributed by atoms with E-state index in [0.717, 1.165) is 51.4 Å². The molecule has 5 heteroatoms. The predicted molar refractivity (Wildman–Crippen MR) is 90.9 cm³/mol. The maximum atomic E-state index is 12.5. The van der Waals surface area contributed by atoms with Crippen LogP contribution in [-0.4, -0.2) is 61.7 Å². The number of nitrogens with zero attached hydrogens (tertiary/aromatic N) is 2. The number of piperazine rings is 1. The molecule has 1 amide bonds. The molecule has 2 aliphatic heterocycles. The third-order valence-electron chi connectivity index (χ3n) is 5.10. The number of amides is 1. The lowest BCUT2D eigenvalue weighted by atomic mass is 10.0. The highest BCUT2D eigenvalue weighted by atomic mass is 16.3. The molecular weight excluding hydrogens is 290 g/mol. The maximum Gasteiger partial charge on any atom is 0.277 e. The first-order valence-corrected chi connectivity index (χ1v) is 8.77. The number of piperidine rings is 1. The Hall–Kier alpha value is -1.75. The Morgan fingerprint density at radius 3 is 2.57 bits per heavy atom. The summed E-state index contributed by atoms with van der Waals surface area (Å²) < 4.78 is 0. The van der Waals surface area contributed by atoms with E-state index in [9.17, 15) is 9.90 Å². The zero-order valence-corrected chi connectivity index (χ0v) is 14.0. The van der Waals surface area contributed by atoms with Crippen LogP contribution in [0.5, 0.6) is 5.75 Å². The van der Waals surface area contributed by atoms with E-state index in [-0.39, 0.29) is 0 Å². The number of phenolic OH excluding ortho intramolecular Hbond substituents is 1. The second-order valence-corrected chi connectivity index (χ2v) is 7.02. The summed E-state index contributed by atoms with van der Waals surface area (Å²) in [5.74, 6) is 1.28. The Morgan fingerprint density at radius 1 is 1.22 bits per heavy atom. The monoisotopic (exact) mass is 318 g/mol. The Kier molecular flexibility index (Phi) is 5.06. The van der Waals surface area contributed by atoms with Crippen molar-refractivity contribution in [2.75, 3.05) is 50.7 Å². The van der Waals surface area contributed by atoms with E-state index in [2.05, 4.69) is 16.7 Å². The van der Waals surface area contributed by atoms with Crippen molar-refractivity contribution in [2.24, 2.45) is 5.92 Å². The van der Waals surface area contributed by atoms with Gasteiger partial charge in [-0.25, -0.2) is 0 Å². The van der Waals surface area contributed by atoms with Crippen molar-refractivity contribution in [3.8, 4) is 5.75 Å². The van der Waals surface area contributed by atoms with Gasteiger partial charge in [0.05, 0.1) is 26.2 Å². The third kappa shape index (κ3) is 4.16. The number of rotatable bonds is 3. The topological polar surface area (TPSA) is 48.2 Å². The molecule has 1 aromatic rings. The number of hydrogen-bond donors (Lipinski definition) is 2. The van der Waals surface area contributed by atoms with Gasteiger partial charge in [-0.05, 0) is 43.0 Å². The van der Waals surface area contributed by atoms with Gasteiger partial charge in [-0.1, -0.05) is 6.92 Å². The standard InChI is InChI=1S/C18H27N3O2/c1-15-3-2-8-21(13-15)18(23)14-19-9-11-20(12-10-19)16-4-6-17(22)7-5-16/h4-7,15,22H,2-3,8-14H2,1H3/p+1/t15-/m1/s1. The van der Waals surface area contributed by atoms with Crippen molar-refractivity contribution in [1.82, 2.24) is 4.90 Å². The summed E-state index contributed by atoms with van der Waals surface area (Å²) in [6.45, 7) is 8.67. The van der Waals surface area contributed by atoms with E-state index in [1.165, 1.54) is 11.3 Å². The van der Waals surface area contributed by atoms with E-state index in [0.29, 0.717) is 24.1 Å². The second kappa shape index (κ2) is 7.21. The van der Waals surface area contributed by atoms with Gasteiger partial charge in [0.25, 0.3) is 5.91 Å². The average Bonchev–Trinajstić information content (AvgIpc) is 2.56. The summed E-state index contributed by atoms with van der Waals surface area (Å²) >= 11 is 0. The van der Waals surface area contributed by atoms with Crippen molar-refractivity contribution in [1.29, 1.82) is 0 Å². The normalized spacial score (nSPS) is 23.1. The van der Waals surface area contributed by atoms with Crippen molar-refractivity contribution in [2.45, 2.75) is 19.8 Å². The van der Waals surface area contributed by atoms with E-state index in [4.69, 9.17) is 0 Å². The minimum Gasteiger partial charge on any atom is -0.508 e. The molecular formula is C18H28N3O2+. The fourth-order valence-electron chi connectivity index (χ4n) is 3.66. The molecule has 2 heterocycles. The van der Waals surface area contributed by atoms with Crippen LogP contribution in [-0.2, 0) is 4.79 Å². The molecule has 0 spiro atoms. The molecule has 1 aromatic carbocycles. The van der Waals surface area contributed by atoms with E-state index < -0.39 is 0 Å². The van der Waals surface area contributed by atoms with Crippen LogP contribution >= 0.6 is 0 Å². The van der Waals surface area contributed by atoms with E-state index in [1.54, 1.807) is 12.1 Å². The number of phenols is 1. The molecule has 2 fully saturated rings. The van der Waals surface area contributed by atoms with E-state index in [1.807, 2.05) is 12.1 Å². The Balaban J connectivity index is 1.47. The zero-order chi connectivity index (χ0) is 16.2. The molecule has 0 saturated carbocycles. The first-order valence-electron chi connectivity index (χ1n) is 8.77. The van der Waals surface area contributed by atoms with Crippen LogP contribution in [0.4, 0.5) is 5.69 Å². The number of quaternary nitrogens is 1. The van der Waals surface area contributed by atoms with Gasteiger partial charge in [0.2, 0.25) is 0 Å². The summed E-state index contributed by atoms with van der Waals surface area (Å²) in [5, 5.41) is 9.37. The number of carbonyl (C=O) groups is 1. The first kappa shape index (κ1) is 16.1. The van der Waals surface area contributed by atoms with Crippen LogP contribution in [0.3, 0.4) is 0 Å². The lowest BCUT2D eigenvalue weighted by Gasteiger charge is -2.35. The molecule has 0 aromatic heterocycles. The number of carbonyl (C=O) groups excluding carboxylic acids is 1. The van der Waals surface area contributed by atoms with Gasteiger partial charge in [0, 0.05) is 18.8 Å². The smallest absolute Gasteiger partial charge is 0.277 e. The zero-order valence-electron chi connectivity index (χ0n) is 14.0. The Morgan fingerprint density at radius 2 is 1.91 bits per heavy atom.